The molecule has 0 aromatic heterocycles. The quantitative estimate of drug-likeness (QED) is 0.0799. The van der Waals surface area contributed by atoms with E-state index in [-0.39, 0.29) is 0 Å². The van der Waals surface area contributed by atoms with Crippen molar-refractivity contribution in [2.24, 2.45) is 0 Å². The fourth-order valence-electron chi connectivity index (χ4n) is 4.95. The van der Waals surface area contributed by atoms with E-state index in [9.17, 15) is 48.3 Å². The van der Waals surface area contributed by atoms with Crippen LogP contribution in [0.3, 0.4) is 0 Å². The highest BCUT2D eigenvalue weighted by Crippen LogP contribution is 2.36. The predicted molar refractivity (Wildman–Crippen MR) is 138 cm³/mol. The van der Waals surface area contributed by atoms with E-state index in [4.69, 9.17) is 9.31 Å². The molecule has 0 amide bonds. The van der Waals surface area contributed by atoms with Gasteiger partial charge < -0.3 is 9.31 Å². The Morgan fingerprint density at radius 2 is 0.696 bits per heavy atom. The average molecular weight is 658 g/mol. The molecule has 2 nitrogen and oxygen atoms in total. The van der Waals surface area contributed by atoms with Crippen molar-refractivity contribution in [3.63, 3.8) is 0 Å². The van der Waals surface area contributed by atoms with E-state index in [0.717, 1.165) is 12.1 Å². The van der Waals surface area contributed by atoms with Gasteiger partial charge in [0, 0.05) is 16.2 Å². The molecule has 46 heavy (non-hydrogen) atoms. The minimum Gasteiger partial charge on any atom is -0.521 e. The number of halogens is 13. The largest absolute Gasteiger partial charge is 0.636 e. The highest BCUT2D eigenvalue weighted by Gasteiger charge is 2.41. The molecule has 0 unspecified atom stereocenters. The summed E-state index contributed by atoms with van der Waals surface area (Å²) in [5.74, 6) is -28.7. The second-order valence-electron chi connectivity index (χ2n) is 9.59. The lowest BCUT2D eigenvalue weighted by molar-refractivity contribution is 0.408. The van der Waals surface area contributed by atoms with Crippen LogP contribution in [0, 0.1) is 75.6 Å². The SMILES string of the molecule is Fc1ccc2c(OB(Oc3ccc(F)c4c(F)c(F)ccc34)c3c(F)c(F)c(F)c4c(F)c(F)c(F)c(F)c34)ccc(F)c2c1F. The van der Waals surface area contributed by atoms with E-state index < -0.39 is 132 Å². The second kappa shape index (κ2) is 11.0. The molecule has 16 heteroatoms. The monoisotopic (exact) mass is 658 g/mol. The molecule has 0 aliphatic rings. The number of hydrogen-bond acceptors (Lipinski definition) is 2. The van der Waals surface area contributed by atoms with E-state index in [1.54, 1.807) is 0 Å². The summed E-state index contributed by atoms with van der Waals surface area (Å²) >= 11 is 0. The standard InChI is InChI=1S/C30H8BF13O2/c32-11-5-7-15(9-1-3-13(34)22(36)17(9)11)45-31(46-16-8-6-12(33)18-10(16)2-4-14(35)23(18)37)21-19-20(25(39)28(42)27(21)41)26(40)30(44)29(43)24(19)38/h1-8H. The summed E-state index contributed by atoms with van der Waals surface area (Å²) < 4.78 is 201. The van der Waals surface area contributed by atoms with E-state index in [0.29, 0.717) is 36.4 Å². The maximum Gasteiger partial charge on any atom is 0.636 e. The lowest BCUT2D eigenvalue weighted by Crippen LogP contribution is -2.46. The summed E-state index contributed by atoms with van der Waals surface area (Å²) in [4.78, 5) is 0. The molecule has 0 N–H and O–H groups in total. The van der Waals surface area contributed by atoms with Crippen molar-refractivity contribution in [3.05, 3.63) is 124 Å². The van der Waals surface area contributed by atoms with E-state index >= 15 is 8.78 Å². The molecule has 6 aromatic rings. The Bertz CT molecular complexity index is 2170. The molecule has 0 saturated heterocycles. The van der Waals surface area contributed by atoms with Crippen LogP contribution in [0.25, 0.3) is 32.3 Å². The van der Waals surface area contributed by atoms with Crippen molar-refractivity contribution in [1.29, 1.82) is 0 Å². The summed E-state index contributed by atoms with van der Waals surface area (Å²) in [7, 11) is -2.83. The lowest BCUT2D eigenvalue weighted by Gasteiger charge is -2.22. The molecule has 0 fully saturated rings. The van der Waals surface area contributed by atoms with Gasteiger partial charge >= 0.3 is 7.12 Å². The van der Waals surface area contributed by atoms with E-state index in [1.165, 1.54) is 0 Å². The number of rotatable bonds is 5. The molecule has 0 heterocycles. The van der Waals surface area contributed by atoms with Gasteiger partial charge in [-0.3, -0.25) is 0 Å². The molecule has 234 valence electrons. The van der Waals surface area contributed by atoms with Crippen LogP contribution in [0.1, 0.15) is 0 Å². The predicted octanol–water partition coefficient (Wildman–Crippen LogP) is 8.81. The van der Waals surface area contributed by atoms with Gasteiger partial charge in [-0.25, -0.2) is 57.1 Å². The van der Waals surface area contributed by atoms with Crippen molar-refractivity contribution < 1.29 is 66.4 Å². The van der Waals surface area contributed by atoms with Gasteiger partial charge in [-0.05, 0) is 48.5 Å². The zero-order valence-corrected chi connectivity index (χ0v) is 21.9. The van der Waals surface area contributed by atoms with Crippen LogP contribution in [0.2, 0.25) is 0 Å². The van der Waals surface area contributed by atoms with Crippen LogP contribution in [-0.4, -0.2) is 7.12 Å². The van der Waals surface area contributed by atoms with Crippen molar-refractivity contribution in [2.75, 3.05) is 0 Å². The maximum atomic E-state index is 15.6. The summed E-state index contributed by atoms with van der Waals surface area (Å²) in [5.41, 5.74) is -1.72. The molecule has 0 aliphatic heterocycles. The number of hydrogen-bond donors (Lipinski definition) is 0. The van der Waals surface area contributed by atoms with Gasteiger partial charge in [0.05, 0.1) is 21.6 Å². The molecule has 0 atom stereocenters. The fourth-order valence-corrected chi connectivity index (χ4v) is 4.95. The Labute approximate surface area is 247 Å². The van der Waals surface area contributed by atoms with Crippen molar-refractivity contribution in [1.82, 2.24) is 0 Å². The van der Waals surface area contributed by atoms with E-state index in [2.05, 4.69) is 0 Å². The topological polar surface area (TPSA) is 18.5 Å². The Hall–Kier alpha value is -5.15. The molecule has 0 saturated carbocycles. The third-order valence-electron chi connectivity index (χ3n) is 7.04. The highest BCUT2D eigenvalue weighted by atomic mass is 19.2. The minimum absolute atomic E-state index is 0.491. The Kier molecular flexibility index (Phi) is 7.40. The van der Waals surface area contributed by atoms with Crippen LogP contribution in [0.5, 0.6) is 11.5 Å². The van der Waals surface area contributed by atoms with Crippen LogP contribution in [-0.2, 0) is 0 Å². The third-order valence-corrected chi connectivity index (χ3v) is 7.04. The first-order valence-corrected chi connectivity index (χ1v) is 12.5. The maximum absolute atomic E-state index is 15.6. The van der Waals surface area contributed by atoms with Gasteiger partial charge in [0.25, 0.3) is 0 Å². The first kappa shape index (κ1) is 30.9. The van der Waals surface area contributed by atoms with Crippen molar-refractivity contribution in [2.45, 2.75) is 0 Å². The van der Waals surface area contributed by atoms with Gasteiger partial charge in [0.15, 0.2) is 64.0 Å². The molecule has 0 aliphatic carbocycles. The zero-order chi connectivity index (χ0) is 33.4. The highest BCUT2D eigenvalue weighted by molar-refractivity contribution is 6.66. The molecule has 0 bridgehead atoms. The van der Waals surface area contributed by atoms with Crippen LogP contribution < -0.4 is 14.8 Å². The van der Waals surface area contributed by atoms with Crippen LogP contribution in [0.15, 0.2) is 48.5 Å². The first-order chi connectivity index (χ1) is 21.7. The summed E-state index contributed by atoms with van der Waals surface area (Å²) in [5, 5.41) is -7.19. The summed E-state index contributed by atoms with van der Waals surface area (Å²) in [6.45, 7) is 0. The molecule has 0 spiro atoms. The smallest absolute Gasteiger partial charge is 0.521 e. The van der Waals surface area contributed by atoms with Crippen molar-refractivity contribution in [3.8, 4) is 11.5 Å². The molecule has 6 rings (SSSR count). The van der Waals surface area contributed by atoms with E-state index in [1.807, 2.05) is 0 Å². The molecular formula is C30H8BF13O2. The molecule has 0 radical (unpaired) electrons. The number of benzene rings is 6. The van der Waals surface area contributed by atoms with Gasteiger partial charge in [-0.1, -0.05) is 0 Å². The fraction of sp³-hybridized carbons (Fsp3) is 0. The normalized spacial score (nSPS) is 11.6. The van der Waals surface area contributed by atoms with Crippen LogP contribution in [0.4, 0.5) is 57.1 Å². The second-order valence-corrected chi connectivity index (χ2v) is 9.59. The Morgan fingerprint density at radius 1 is 0.326 bits per heavy atom. The average Bonchev–Trinajstić information content (AvgIpc) is 3.03. The lowest BCUT2D eigenvalue weighted by atomic mass is 9.74. The summed E-state index contributed by atoms with van der Waals surface area (Å²) in [6.07, 6.45) is 0. The minimum atomic E-state index is -2.83. The molecule has 6 aromatic carbocycles. The Balaban J connectivity index is 1.69. The first-order valence-electron chi connectivity index (χ1n) is 12.5. The van der Waals surface area contributed by atoms with Gasteiger partial charge in [-0.15, -0.1) is 0 Å². The number of fused-ring (bicyclic) bond motifs is 3. The van der Waals surface area contributed by atoms with Crippen molar-refractivity contribution >= 4 is 44.9 Å². The van der Waals surface area contributed by atoms with Gasteiger partial charge in [0.1, 0.15) is 23.1 Å². The third kappa shape index (κ3) is 4.53. The Morgan fingerprint density at radius 3 is 1.13 bits per heavy atom. The van der Waals surface area contributed by atoms with Gasteiger partial charge in [0.2, 0.25) is 0 Å². The van der Waals surface area contributed by atoms with Gasteiger partial charge in [-0.2, -0.15) is 0 Å². The zero-order valence-electron chi connectivity index (χ0n) is 21.9. The van der Waals surface area contributed by atoms with Crippen LogP contribution >= 0.6 is 0 Å². The summed E-state index contributed by atoms with van der Waals surface area (Å²) in [6, 6.07) is 4.85. The molecular weight excluding hydrogens is 650 g/mol.